The summed E-state index contributed by atoms with van der Waals surface area (Å²) in [6.45, 7) is 8.74. The SMILES string of the molecule is C=C(O)c1ccccc1CC(=O)N(C)CCOc1ccccc1C(C)C. The Hall–Kier alpha value is -2.75. The van der Waals surface area contributed by atoms with Crippen LogP contribution in [-0.2, 0) is 11.2 Å². The van der Waals surface area contributed by atoms with E-state index in [1.54, 1.807) is 18.0 Å². The summed E-state index contributed by atoms with van der Waals surface area (Å²) >= 11 is 0. The van der Waals surface area contributed by atoms with Crippen LogP contribution in [0.4, 0.5) is 0 Å². The maximum atomic E-state index is 12.5. The summed E-state index contributed by atoms with van der Waals surface area (Å²) in [5, 5.41) is 9.65. The van der Waals surface area contributed by atoms with Gasteiger partial charge in [0, 0.05) is 12.6 Å². The average molecular weight is 353 g/mol. The number of hydrogen-bond acceptors (Lipinski definition) is 3. The number of carbonyl (C=O) groups excluding carboxylic acids is 1. The molecule has 0 radical (unpaired) electrons. The standard InChI is InChI=1S/C22H27NO3/c1-16(2)19-10-7-8-12-21(19)26-14-13-23(4)22(25)15-18-9-5-6-11-20(18)17(3)24/h5-12,16,24H,3,13-15H2,1-2,4H3. The molecule has 0 aromatic heterocycles. The average Bonchev–Trinajstić information content (AvgIpc) is 2.62. The molecule has 0 bridgehead atoms. The molecule has 2 aromatic rings. The summed E-state index contributed by atoms with van der Waals surface area (Å²) in [5.41, 5.74) is 2.54. The minimum absolute atomic E-state index is 0.0234. The highest BCUT2D eigenvalue weighted by atomic mass is 16.5. The molecule has 4 nitrogen and oxygen atoms in total. The van der Waals surface area contributed by atoms with Crippen LogP contribution in [-0.4, -0.2) is 36.1 Å². The Kier molecular flexibility index (Phi) is 6.84. The fourth-order valence-electron chi connectivity index (χ4n) is 2.76. The Morgan fingerprint density at radius 3 is 2.50 bits per heavy atom. The highest BCUT2D eigenvalue weighted by Crippen LogP contribution is 2.25. The molecule has 26 heavy (non-hydrogen) atoms. The molecular formula is C22H27NO3. The van der Waals surface area contributed by atoms with E-state index >= 15 is 0 Å². The van der Waals surface area contributed by atoms with Gasteiger partial charge in [-0.3, -0.25) is 4.79 Å². The lowest BCUT2D eigenvalue weighted by atomic mass is 10.0. The Morgan fingerprint density at radius 1 is 1.15 bits per heavy atom. The number of ether oxygens (including phenoxy) is 1. The van der Waals surface area contributed by atoms with Crippen molar-refractivity contribution in [2.75, 3.05) is 20.2 Å². The van der Waals surface area contributed by atoms with Crippen LogP contribution in [0.1, 0.15) is 36.5 Å². The van der Waals surface area contributed by atoms with E-state index in [9.17, 15) is 9.90 Å². The zero-order valence-electron chi connectivity index (χ0n) is 15.7. The van der Waals surface area contributed by atoms with Gasteiger partial charge >= 0.3 is 0 Å². The number of para-hydroxylation sites is 1. The second-order valence-electron chi connectivity index (χ2n) is 6.64. The van der Waals surface area contributed by atoms with Gasteiger partial charge in [-0.1, -0.05) is 62.9 Å². The molecule has 0 spiro atoms. The van der Waals surface area contributed by atoms with Gasteiger partial charge in [-0.05, 0) is 23.1 Å². The molecule has 4 heteroatoms. The molecule has 0 saturated heterocycles. The number of aliphatic hydroxyl groups excluding tert-OH is 1. The number of hydrogen-bond donors (Lipinski definition) is 1. The Bertz CT molecular complexity index is 767. The van der Waals surface area contributed by atoms with Crippen LogP contribution in [0.5, 0.6) is 5.75 Å². The Balaban J connectivity index is 1.92. The van der Waals surface area contributed by atoms with E-state index in [4.69, 9.17) is 4.74 Å². The highest BCUT2D eigenvalue weighted by Gasteiger charge is 2.14. The molecule has 0 aliphatic rings. The molecule has 0 unspecified atom stereocenters. The third kappa shape index (κ3) is 5.12. The summed E-state index contributed by atoms with van der Waals surface area (Å²) in [5.74, 6) is 1.20. The van der Waals surface area contributed by atoms with Crippen molar-refractivity contribution in [3.63, 3.8) is 0 Å². The van der Waals surface area contributed by atoms with Gasteiger partial charge in [0.15, 0.2) is 0 Å². The topological polar surface area (TPSA) is 49.8 Å². The van der Waals surface area contributed by atoms with E-state index in [-0.39, 0.29) is 18.1 Å². The highest BCUT2D eigenvalue weighted by molar-refractivity contribution is 5.80. The van der Waals surface area contributed by atoms with Crippen molar-refractivity contribution >= 4 is 11.7 Å². The zero-order valence-corrected chi connectivity index (χ0v) is 15.7. The quantitative estimate of drug-likeness (QED) is 0.715. The van der Waals surface area contributed by atoms with Crippen LogP contribution in [0, 0.1) is 0 Å². The molecule has 2 rings (SSSR count). The first-order valence-corrected chi connectivity index (χ1v) is 8.82. The van der Waals surface area contributed by atoms with Gasteiger partial charge < -0.3 is 14.7 Å². The number of carbonyl (C=O) groups is 1. The molecule has 0 saturated carbocycles. The van der Waals surface area contributed by atoms with Crippen LogP contribution in [0.2, 0.25) is 0 Å². The summed E-state index contributed by atoms with van der Waals surface area (Å²) in [7, 11) is 1.76. The molecule has 0 heterocycles. The van der Waals surface area contributed by atoms with Crippen LogP contribution < -0.4 is 4.74 Å². The van der Waals surface area contributed by atoms with Gasteiger partial charge in [0.2, 0.25) is 5.91 Å². The number of aliphatic hydroxyl groups is 1. The van der Waals surface area contributed by atoms with Crippen LogP contribution >= 0.6 is 0 Å². The monoisotopic (exact) mass is 353 g/mol. The van der Waals surface area contributed by atoms with Crippen molar-refractivity contribution in [2.24, 2.45) is 0 Å². The summed E-state index contributed by atoms with van der Waals surface area (Å²) in [6, 6.07) is 15.2. The van der Waals surface area contributed by atoms with E-state index < -0.39 is 0 Å². The maximum Gasteiger partial charge on any atom is 0.226 e. The minimum Gasteiger partial charge on any atom is -0.508 e. The largest absolute Gasteiger partial charge is 0.508 e. The number of rotatable bonds is 8. The molecular weight excluding hydrogens is 326 g/mol. The smallest absolute Gasteiger partial charge is 0.226 e. The number of nitrogens with zero attached hydrogens (tertiary/aromatic N) is 1. The van der Waals surface area contributed by atoms with E-state index in [2.05, 4.69) is 26.5 Å². The molecule has 0 atom stereocenters. The lowest BCUT2D eigenvalue weighted by Gasteiger charge is -2.19. The van der Waals surface area contributed by atoms with E-state index in [0.29, 0.717) is 24.6 Å². The van der Waals surface area contributed by atoms with Gasteiger partial charge in [0.05, 0.1) is 13.0 Å². The van der Waals surface area contributed by atoms with E-state index in [0.717, 1.165) is 16.9 Å². The predicted octanol–water partition coefficient (Wildman–Crippen LogP) is 4.42. The van der Waals surface area contributed by atoms with Crippen molar-refractivity contribution in [3.05, 3.63) is 71.8 Å². The van der Waals surface area contributed by atoms with Gasteiger partial charge in [-0.15, -0.1) is 0 Å². The predicted molar refractivity (Wildman–Crippen MR) is 105 cm³/mol. The lowest BCUT2D eigenvalue weighted by Crippen LogP contribution is -2.32. The Labute approximate surface area is 155 Å². The summed E-state index contributed by atoms with van der Waals surface area (Å²) in [4.78, 5) is 14.1. The van der Waals surface area contributed by atoms with Crippen molar-refractivity contribution < 1.29 is 14.6 Å². The molecule has 2 aromatic carbocycles. The molecule has 1 amide bonds. The molecule has 0 aliphatic heterocycles. The normalized spacial score (nSPS) is 10.6. The van der Waals surface area contributed by atoms with E-state index in [1.807, 2.05) is 36.4 Å². The molecule has 1 N–H and O–H groups in total. The van der Waals surface area contributed by atoms with Crippen molar-refractivity contribution in [2.45, 2.75) is 26.2 Å². The first kappa shape index (κ1) is 19.6. The third-order valence-electron chi connectivity index (χ3n) is 4.32. The second-order valence-corrected chi connectivity index (χ2v) is 6.64. The van der Waals surface area contributed by atoms with Crippen LogP contribution in [0.15, 0.2) is 55.1 Å². The van der Waals surface area contributed by atoms with Crippen molar-refractivity contribution in [3.8, 4) is 5.75 Å². The fraction of sp³-hybridized carbons (Fsp3) is 0.318. The third-order valence-corrected chi connectivity index (χ3v) is 4.32. The molecule has 0 fully saturated rings. The van der Waals surface area contributed by atoms with Gasteiger partial charge in [-0.25, -0.2) is 0 Å². The van der Waals surface area contributed by atoms with Crippen molar-refractivity contribution in [1.29, 1.82) is 0 Å². The fourth-order valence-corrected chi connectivity index (χ4v) is 2.76. The lowest BCUT2D eigenvalue weighted by molar-refractivity contribution is -0.129. The zero-order chi connectivity index (χ0) is 19.1. The summed E-state index contributed by atoms with van der Waals surface area (Å²) < 4.78 is 5.88. The number of amides is 1. The van der Waals surface area contributed by atoms with E-state index in [1.165, 1.54) is 0 Å². The summed E-state index contributed by atoms with van der Waals surface area (Å²) in [6.07, 6.45) is 0.217. The maximum absolute atomic E-state index is 12.5. The van der Waals surface area contributed by atoms with Crippen molar-refractivity contribution in [1.82, 2.24) is 4.90 Å². The number of likely N-dealkylation sites (N-methyl/N-ethyl adjacent to an activating group) is 1. The van der Waals surface area contributed by atoms with Crippen LogP contribution in [0.3, 0.4) is 0 Å². The van der Waals surface area contributed by atoms with Gasteiger partial charge in [0.25, 0.3) is 0 Å². The molecule has 138 valence electrons. The first-order valence-electron chi connectivity index (χ1n) is 8.82. The molecule has 0 aliphatic carbocycles. The second kappa shape index (κ2) is 9.09. The number of benzene rings is 2. The minimum atomic E-state index is -0.0283. The van der Waals surface area contributed by atoms with Gasteiger partial charge in [-0.2, -0.15) is 0 Å². The Morgan fingerprint density at radius 2 is 1.81 bits per heavy atom. The van der Waals surface area contributed by atoms with Gasteiger partial charge in [0.1, 0.15) is 18.1 Å². The first-order chi connectivity index (χ1) is 12.4. The van der Waals surface area contributed by atoms with Crippen LogP contribution in [0.25, 0.3) is 5.76 Å².